The Morgan fingerprint density at radius 3 is 2.67 bits per heavy atom. The molecule has 1 aliphatic rings. The smallest absolute Gasteiger partial charge is 0.406 e. The number of aryl methyl sites for hydroxylation is 3. The van der Waals surface area contributed by atoms with Crippen LogP contribution in [0.1, 0.15) is 23.1 Å². The largest absolute Gasteiger partial charge is 0.573 e. The molecule has 9 nitrogen and oxygen atoms in total. The molecular formula is C30H29F3N6O3S. The molecule has 4 aromatic rings. The van der Waals surface area contributed by atoms with Crippen LogP contribution in [0.25, 0.3) is 17.1 Å². The second kappa shape index (κ2) is 13.0. The first-order valence-corrected chi connectivity index (χ1v) is 14.4. The van der Waals surface area contributed by atoms with Crippen molar-refractivity contribution >= 4 is 28.5 Å². The van der Waals surface area contributed by atoms with Crippen molar-refractivity contribution in [3.8, 4) is 22.8 Å². The number of aromatic nitrogens is 3. The van der Waals surface area contributed by atoms with Gasteiger partial charge in [0, 0.05) is 5.56 Å². The third kappa shape index (κ3) is 7.80. The second-order valence-corrected chi connectivity index (χ2v) is 10.8. The Balaban J connectivity index is 1.15. The molecule has 0 saturated carbocycles. The summed E-state index contributed by atoms with van der Waals surface area (Å²) >= 11 is 1.30. The Labute approximate surface area is 250 Å². The van der Waals surface area contributed by atoms with Crippen molar-refractivity contribution in [3.05, 3.63) is 89.7 Å². The minimum absolute atomic E-state index is 0.0720. The lowest BCUT2D eigenvalue weighted by Gasteiger charge is -2.20. The van der Waals surface area contributed by atoms with Crippen LogP contribution in [-0.4, -0.2) is 56.0 Å². The van der Waals surface area contributed by atoms with E-state index in [0.717, 1.165) is 27.9 Å². The van der Waals surface area contributed by atoms with Crippen molar-refractivity contribution in [2.75, 3.05) is 17.2 Å². The van der Waals surface area contributed by atoms with Gasteiger partial charge in [-0.3, -0.25) is 15.0 Å². The first-order valence-electron chi connectivity index (χ1n) is 13.5. The van der Waals surface area contributed by atoms with E-state index in [1.807, 2.05) is 56.3 Å². The first kappa shape index (κ1) is 30.3. The van der Waals surface area contributed by atoms with Crippen LogP contribution in [0, 0.1) is 13.8 Å². The quantitative estimate of drug-likeness (QED) is 0.183. The van der Waals surface area contributed by atoms with E-state index < -0.39 is 12.7 Å². The number of aliphatic hydroxyl groups excluding tert-OH is 1. The molecule has 1 atom stereocenters. The third-order valence-corrected chi connectivity index (χ3v) is 7.52. The molecule has 1 amide bonds. The highest BCUT2D eigenvalue weighted by Gasteiger charge is 2.32. The number of halogens is 3. The van der Waals surface area contributed by atoms with E-state index in [2.05, 4.69) is 25.1 Å². The molecule has 1 aromatic heterocycles. The number of nitrogens with one attached hydrogen (secondary N) is 1. The van der Waals surface area contributed by atoms with Crippen molar-refractivity contribution in [1.29, 1.82) is 0 Å². The zero-order valence-corrected chi connectivity index (χ0v) is 24.2. The summed E-state index contributed by atoms with van der Waals surface area (Å²) in [5.74, 6) is 0.354. The lowest BCUT2D eigenvalue weighted by Crippen LogP contribution is -2.34. The van der Waals surface area contributed by atoms with Crippen LogP contribution in [0.15, 0.2) is 78.0 Å². The predicted molar refractivity (Wildman–Crippen MR) is 159 cm³/mol. The average Bonchev–Trinajstić information content (AvgIpc) is 3.59. The molecule has 5 rings (SSSR count). The number of nitrogens with zero attached hydrogens (tertiary/aromatic N) is 5. The summed E-state index contributed by atoms with van der Waals surface area (Å²) in [5, 5.41) is 18.4. The summed E-state index contributed by atoms with van der Waals surface area (Å²) in [4.78, 5) is 22.8. The van der Waals surface area contributed by atoms with E-state index in [1.165, 1.54) is 47.0 Å². The maximum Gasteiger partial charge on any atom is 0.573 e. The van der Waals surface area contributed by atoms with Gasteiger partial charge in [-0.15, -0.1) is 18.3 Å². The van der Waals surface area contributed by atoms with Crippen LogP contribution >= 0.6 is 11.8 Å². The number of amides is 1. The minimum atomic E-state index is -4.75. The molecule has 0 spiro atoms. The van der Waals surface area contributed by atoms with Crippen molar-refractivity contribution in [2.24, 2.45) is 4.99 Å². The topological polar surface area (TPSA) is 105 Å². The maximum atomic E-state index is 12.6. The van der Waals surface area contributed by atoms with Crippen LogP contribution in [0.4, 0.5) is 18.9 Å². The number of benzene rings is 3. The third-order valence-electron chi connectivity index (χ3n) is 6.58. The van der Waals surface area contributed by atoms with E-state index in [4.69, 9.17) is 0 Å². The fourth-order valence-corrected chi connectivity index (χ4v) is 5.40. The van der Waals surface area contributed by atoms with Crippen LogP contribution in [0.2, 0.25) is 0 Å². The van der Waals surface area contributed by atoms with Gasteiger partial charge in [-0.1, -0.05) is 42.1 Å². The van der Waals surface area contributed by atoms with E-state index in [0.29, 0.717) is 36.1 Å². The zero-order chi connectivity index (χ0) is 30.6. The maximum absolute atomic E-state index is 12.6. The Morgan fingerprint density at radius 2 is 1.91 bits per heavy atom. The highest BCUT2D eigenvalue weighted by atomic mass is 32.2. The number of amidine groups is 1. The molecular weight excluding hydrogens is 581 g/mol. The normalized spacial score (nSPS) is 15.3. The summed E-state index contributed by atoms with van der Waals surface area (Å²) in [7, 11) is 0. The van der Waals surface area contributed by atoms with Gasteiger partial charge in [0.2, 0.25) is 12.3 Å². The summed E-state index contributed by atoms with van der Waals surface area (Å²) < 4.78 is 42.6. The molecule has 0 radical (unpaired) electrons. The molecule has 13 heteroatoms. The Morgan fingerprint density at radius 1 is 1.12 bits per heavy atom. The van der Waals surface area contributed by atoms with Gasteiger partial charge in [0.1, 0.15) is 12.1 Å². The van der Waals surface area contributed by atoms with Gasteiger partial charge < -0.3 is 9.84 Å². The van der Waals surface area contributed by atoms with Crippen molar-refractivity contribution in [3.63, 3.8) is 0 Å². The highest BCUT2D eigenvalue weighted by Crippen LogP contribution is 2.30. The van der Waals surface area contributed by atoms with Gasteiger partial charge in [0.05, 0.1) is 17.1 Å². The summed E-state index contributed by atoms with van der Waals surface area (Å²) in [5.41, 5.74) is 5.13. The first-order chi connectivity index (χ1) is 20.6. The molecule has 1 aliphatic heterocycles. The van der Waals surface area contributed by atoms with Crippen LogP contribution in [0.3, 0.4) is 0 Å². The molecule has 2 N–H and O–H groups in total. The molecule has 3 aromatic carbocycles. The van der Waals surface area contributed by atoms with E-state index in [1.54, 1.807) is 4.90 Å². The molecule has 224 valence electrons. The highest BCUT2D eigenvalue weighted by molar-refractivity contribution is 8.15. The predicted octanol–water partition coefficient (Wildman–Crippen LogP) is 5.38. The number of thioether (sulfide) groups is 1. The van der Waals surface area contributed by atoms with Gasteiger partial charge in [-0.05, 0) is 86.3 Å². The number of carbonyl (C=O) groups excluding carboxylic acids is 1. The average molecular weight is 611 g/mol. The molecule has 1 fully saturated rings. The fraction of sp³-hybridized carbons (Fsp3) is 0.267. The van der Waals surface area contributed by atoms with E-state index in [-0.39, 0.29) is 17.4 Å². The Bertz CT molecular complexity index is 1620. The van der Waals surface area contributed by atoms with Gasteiger partial charge in [0.25, 0.3) is 0 Å². The van der Waals surface area contributed by atoms with Crippen molar-refractivity contribution in [2.45, 2.75) is 39.4 Å². The number of carbonyl (C=O) groups is 1. The second-order valence-electron chi connectivity index (χ2n) is 9.91. The number of anilines is 1. The standard InChI is InChI=1S/C30H29F3N6O3S/c1-19-8-9-20(2)25(15-19)39-26(40)17-43-29(39)36-28(41)34-14-4-6-21-5-3-7-22(16-21)27-35-18-38(37-27)23-10-12-24(13-11-23)42-30(31,32)33/h3,5,7-13,15-16,18,28,34,41H,4,6,14,17H2,1-2H3. The Hall–Kier alpha value is -4.20. The number of aliphatic hydroxyl groups is 1. The Kier molecular flexibility index (Phi) is 9.14. The van der Waals surface area contributed by atoms with Gasteiger partial charge >= 0.3 is 6.36 Å². The summed E-state index contributed by atoms with van der Waals surface area (Å²) in [6.45, 7) is 4.39. The fourth-order valence-electron chi connectivity index (χ4n) is 4.51. The summed E-state index contributed by atoms with van der Waals surface area (Å²) in [6, 6.07) is 19.0. The zero-order valence-electron chi connectivity index (χ0n) is 23.4. The SMILES string of the molecule is Cc1ccc(C)c(N2C(=O)CSC2=NC(O)NCCCc2cccc(-c3ncn(-c4ccc(OC(F)(F)F)cc4)n3)c2)c1. The van der Waals surface area contributed by atoms with Gasteiger partial charge in [0.15, 0.2) is 11.0 Å². The van der Waals surface area contributed by atoms with Crippen LogP contribution < -0.4 is 15.0 Å². The number of alkyl halides is 3. The molecule has 2 heterocycles. The lowest BCUT2D eigenvalue weighted by molar-refractivity contribution is -0.274. The van der Waals surface area contributed by atoms with Gasteiger partial charge in [-0.25, -0.2) is 14.7 Å². The number of hydrogen-bond acceptors (Lipinski definition) is 8. The number of ether oxygens (including phenoxy) is 1. The molecule has 0 aliphatic carbocycles. The minimum Gasteiger partial charge on any atom is -0.406 e. The molecule has 0 bridgehead atoms. The van der Waals surface area contributed by atoms with Crippen LogP contribution in [-0.2, 0) is 11.2 Å². The molecule has 1 unspecified atom stereocenters. The van der Waals surface area contributed by atoms with Crippen molar-refractivity contribution in [1.82, 2.24) is 20.1 Å². The van der Waals surface area contributed by atoms with E-state index >= 15 is 0 Å². The van der Waals surface area contributed by atoms with Crippen molar-refractivity contribution < 1.29 is 27.8 Å². The number of rotatable bonds is 10. The lowest BCUT2D eigenvalue weighted by atomic mass is 10.1. The number of aliphatic imine (C=N–C) groups is 1. The summed E-state index contributed by atoms with van der Waals surface area (Å²) in [6.07, 6.45) is -2.99. The van der Waals surface area contributed by atoms with E-state index in [9.17, 15) is 23.1 Å². The monoisotopic (exact) mass is 610 g/mol. The van der Waals surface area contributed by atoms with Gasteiger partial charge in [-0.2, -0.15) is 0 Å². The molecule has 1 saturated heterocycles. The molecule has 43 heavy (non-hydrogen) atoms. The van der Waals surface area contributed by atoms with Crippen LogP contribution in [0.5, 0.6) is 5.75 Å². The number of hydrogen-bond donors (Lipinski definition) is 2.